The van der Waals surface area contributed by atoms with Gasteiger partial charge in [0.2, 0.25) is 15.9 Å². The Morgan fingerprint density at radius 3 is 2.53 bits per heavy atom. The first kappa shape index (κ1) is 22.6. The molecule has 0 unspecified atom stereocenters. The largest absolute Gasteiger partial charge is 0.495 e. The molecule has 2 aromatic rings. The van der Waals surface area contributed by atoms with E-state index in [1.54, 1.807) is 6.07 Å². The van der Waals surface area contributed by atoms with Crippen LogP contribution in [0, 0.1) is 5.92 Å². The van der Waals surface area contributed by atoms with Gasteiger partial charge in [0, 0.05) is 23.8 Å². The molecule has 0 spiro atoms. The highest BCUT2D eigenvalue weighted by atomic mass is 35.5. The molecule has 1 atom stereocenters. The van der Waals surface area contributed by atoms with E-state index in [0.717, 1.165) is 0 Å². The number of anilines is 1. The lowest BCUT2D eigenvalue weighted by atomic mass is 9.98. The molecule has 0 saturated carbocycles. The zero-order valence-corrected chi connectivity index (χ0v) is 19.0. The van der Waals surface area contributed by atoms with Crippen LogP contribution in [0.15, 0.2) is 47.4 Å². The van der Waals surface area contributed by atoms with Crippen LogP contribution in [-0.4, -0.2) is 38.8 Å². The summed E-state index contributed by atoms with van der Waals surface area (Å²) < 4.78 is 33.0. The first-order valence-corrected chi connectivity index (χ1v) is 11.8. The van der Waals surface area contributed by atoms with E-state index in [2.05, 4.69) is 19.2 Å². The summed E-state index contributed by atoms with van der Waals surface area (Å²) in [6, 6.07) is 12.2. The third kappa shape index (κ3) is 4.96. The number of carbonyl (C=O) groups is 1. The highest BCUT2D eigenvalue weighted by Crippen LogP contribution is 2.32. The number of piperidine rings is 1. The standard InChI is InChI=1S/C22H27ClN2O4S/c1-15(2)16-6-9-19(10-7-16)24-22(26)17-5-4-12-25(14-17)30(27,28)21-13-18(23)8-11-20(21)29-3/h6-11,13,15,17H,4-5,12,14H2,1-3H3,(H,24,26)/t17-/m0/s1. The lowest BCUT2D eigenvalue weighted by Gasteiger charge is -2.31. The van der Waals surface area contributed by atoms with Gasteiger partial charge in [0.25, 0.3) is 0 Å². The van der Waals surface area contributed by atoms with Gasteiger partial charge in [-0.3, -0.25) is 4.79 Å². The van der Waals surface area contributed by atoms with E-state index < -0.39 is 15.9 Å². The van der Waals surface area contributed by atoms with Crippen LogP contribution in [0.5, 0.6) is 5.75 Å². The van der Waals surface area contributed by atoms with Crippen molar-refractivity contribution in [2.45, 2.75) is 37.5 Å². The molecular formula is C22H27ClN2O4S. The summed E-state index contributed by atoms with van der Waals surface area (Å²) >= 11 is 6.02. The van der Waals surface area contributed by atoms with Crippen molar-refractivity contribution in [2.24, 2.45) is 5.92 Å². The maximum absolute atomic E-state index is 13.2. The first-order valence-electron chi connectivity index (χ1n) is 9.97. The van der Waals surface area contributed by atoms with Crippen molar-refractivity contribution in [3.05, 3.63) is 53.1 Å². The molecule has 1 N–H and O–H groups in total. The molecule has 1 saturated heterocycles. The normalized spacial score (nSPS) is 17.7. The second-order valence-electron chi connectivity index (χ2n) is 7.76. The Bertz CT molecular complexity index is 1010. The van der Waals surface area contributed by atoms with Crippen LogP contribution in [-0.2, 0) is 14.8 Å². The molecule has 1 aliphatic rings. The van der Waals surface area contributed by atoms with Crippen LogP contribution < -0.4 is 10.1 Å². The average Bonchev–Trinajstić information content (AvgIpc) is 2.74. The van der Waals surface area contributed by atoms with E-state index in [1.807, 2.05) is 24.3 Å². The number of nitrogens with zero attached hydrogens (tertiary/aromatic N) is 1. The molecule has 1 amide bonds. The molecule has 0 radical (unpaired) electrons. The molecular weight excluding hydrogens is 424 g/mol. The number of benzene rings is 2. The van der Waals surface area contributed by atoms with Gasteiger partial charge in [-0.2, -0.15) is 4.31 Å². The van der Waals surface area contributed by atoms with Crippen molar-refractivity contribution in [3.63, 3.8) is 0 Å². The van der Waals surface area contributed by atoms with Crippen LogP contribution in [0.1, 0.15) is 38.2 Å². The van der Waals surface area contributed by atoms with Crippen LogP contribution in [0.4, 0.5) is 5.69 Å². The van der Waals surface area contributed by atoms with Gasteiger partial charge in [-0.15, -0.1) is 0 Å². The highest BCUT2D eigenvalue weighted by molar-refractivity contribution is 7.89. The minimum absolute atomic E-state index is 0.0165. The number of sulfonamides is 1. The predicted octanol–water partition coefficient (Wildman–Crippen LogP) is 4.51. The zero-order chi connectivity index (χ0) is 21.9. The van der Waals surface area contributed by atoms with Crippen molar-refractivity contribution >= 4 is 33.2 Å². The number of halogens is 1. The smallest absolute Gasteiger partial charge is 0.246 e. The Hall–Kier alpha value is -2.09. The van der Waals surface area contributed by atoms with Crippen molar-refractivity contribution in [1.82, 2.24) is 4.31 Å². The van der Waals surface area contributed by atoms with Crippen LogP contribution in [0.2, 0.25) is 5.02 Å². The summed E-state index contributed by atoms with van der Waals surface area (Å²) in [6.45, 7) is 4.69. The first-order chi connectivity index (χ1) is 14.2. The lowest BCUT2D eigenvalue weighted by Crippen LogP contribution is -2.43. The minimum atomic E-state index is -3.84. The molecule has 1 aliphatic heterocycles. The fraction of sp³-hybridized carbons (Fsp3) is 0.409. The van der Waals surface area contributed by atoms with Crippen LogP contribution >= 0.6 is 11.6 Å². The number of amides is 1. The number of carbonyl (C=O) groups excluding carboxylic acids is 1. The fourth-order valence-corrected chi connectivity index (χ4v) is 5.50. The van der Waals surface area contributed by atoms with Gasteiger partial charge in [0.1, 0.15) is 10.6 Å². The van der Waals surface area contributed by atoms with Crippen LogP contribution in [0.3, 0.4) is 0 Å². The van der Waals surface area contributed by atoms with Gasteiger partial charge < -0.3 is 10.1 Å². The topological polar surface area (TPSA) is 75.7 Å². The Balaban J connectivity index is 1.74. The number of ether oxygens (including phenoxy) is 1. The third-order valence-electron chi connectivity index (χ3n) is 5.34. The molecule has 162 valence electrons. The van der Waals surface area contributed by atoms with Crippen molar-refractivity contribution < 1.29 is 17.9 Å². The Labute approximate surface area is 183 Å². The molecule has 1 heterocycles. The number of rotatable bonds is 6. The molecule has 0 bridgehead atoms. The van der Waals surface area contributed by atoms with Crippen molar-refractivity contribution in [1.29, 1.82) is 0 Å². The third-order valence-corrected chi connectivity index (χ3v) is 7.46. The Morgan fingerprint density at radius 1 is 1.20 bits per heavy atom. The van der Waals surface area contributed by atoms with Gasteiger partial charge in [-0.25, -0.2) is 8.42 Å². The Kier molecular flexibility index (Phi) is 7.06. The molecule has 30 heavy (non-hydrogen) atoms. The van der Waals surface area contributed by atoms with Gasteiger partial charge in [0.15, 0.2) is 0 Å². The number of methoxy groups -OCH3 is 1. The minimum Gasteiger partial charge on any atom is -0.495 e. The maximum atomic E-state index is 13.2. The monoisotopic (exact) mass is 450 g/mol. The molecule has 2 aromatic carbocycles. The van der Waals surface area contributed by atoms with E-state index >= 15 is 0 Å². The summed E-state index contributed by atoms with van der Waals surface area (Å²) in [5, 5.41) is 3.23. The second kappa shape index (κ2) is 9.37. The summed E-state index contributed by atoms with van der Waals surface area (Å²) in [5.41, 5.74) is 1.90. The Morgan fingerprint density at radius 2 is 1.90 bits per heavy atom. The predicted molar refractivity (Wildman–Crippen MR) is 119 cm³/mol. The summed E-state index contributed by atoms with van der Waals surface area (Å²) in [5.74, 6) is 0.0419. The molecule has 1 fully saturated rings. The average molecular weight is 451 g/mol. The zero-order valence-electron chi connectivity index (χ0n) is 17.4. The van der Waals surface area contributed by atoms with Gasteiger partial charge in [0.05, 0.1) is 13.0 Å². The van der Waals surface area contributed by atoms with E-state index in [0.29, 0.717) is 36.0 Å². The van der Waals surface area contributed by atoms with E-state index in [1.165, 1.54) is 29.1 Å². The van der Waals surface area contributed by atoms with Crippen molar-refractivity contribution in [2.75, 3.05) is 25.5 Å². The lowest BCUT2D eigenvalue weighted by molar-refractivity contribution is -0.120. The maximum Gasteiger partial charge on any atom is 0.246 e. The molecule has 0 aliphatic carbocycles. The van der Waals surface area contributed by atoms with Crippen LogP contribution in [0.25, 0.3) is 0 Å². The van der Waals surface area contributed by atoms with Crippen molar-refractivity contribution in [3.8, 4) is 5.75 Å². The van der Waals surface area contributed by atoms with Gasteiger partial charge in [-0.1, -0.05) is 37.6 Å². The second-order valence-corrected chi connectivity index (χ2v) is 10.1. The van der Waals surface area contributed by atoms with E-state index in [4.69, 9.17) is 16.3 Å². The molecule has 3 rings (SSSR count). The van der Waals surface area contributed by atoms with E-state index in [-0.39, 0.29) is 23.1 Å². The summed E-state index contributed by atoms with van der Waals surface area (Å²) in [6.07, 6.45) is 1.24. The SMILES string of the molecule is COc1ccc(Cl)cc1S(=O)(=O)N1CCC[C@H](C(=O)Nc2ccc(C(C)C)cc2)C1. The summed E-state index contributed by atoms with van der Waals surface area (Å²) in [7, 11) is -2.42. The summed E-state index contributed by atoms with van der Waals surface area (Å²) in [4.78, 5) is 12.8. The molecule has 6 nitrogen and oxygen atoms in total. The molecule has 8 heteroatoms. The van der Waals surface area contributed by atoms with Gasteiger partial charge >= 0.3 is 0 Å². The van der Waals surface area contributed by atoms with Gasteiger partial charge in [-0.05, 0) is 54.7 Å². The number of nitrogens with one attached hydrogen (secondary N) is 1. The molecule has 0 aromatic heterocycles. The number of hydrogen-bond donors (Lipinski definition) is 1. The quantitative estimate of drug-likeness (QED) is 0.702. The number of hydrogen-bond acceptors (Lipinski definition) is 4. The van der Waals surface area contributed by atoms with E-state index in [9.17, 15) is 13.2 Å². The fourth-order valence-electron chi connectivity index (χ4n) is 3.56. The highest BCUT2D eigenvalue weighted by Gasteiger charge is 2.35.